The summed E-state index contributed by atoms with van der Waals surface area (Å²) in [5.41, 5.74) is 7.48. The van der Waals surface area contributed by atoms with Crippen LogP contribution in [0.3, 0.4) is 0 Å². The average Bonchev–Trinajstić information content (AvgIpc) is 2.49. The zero-order valence-corrected chi connectivity index (χ0v) is 14.1. The Labute approximate surface area is 137 Å². The van der Waals surface area contributed by atoms with E-state index in [0.29, 0.717) is 26.4 Å². The van der Waals surface area contributed by atoms with Gasteiger partial charge in [0.1, 0.15) is 12.4 Å². The van der Waals surface area contributed by atoms with Crippen LogP contribution in [0, 0.1) is 6.92 Å². The molecule has 2 rings (SSSR count). The van der Waals surface area contributed by atoms with Gasteiger partial charge in [-0.2, -0.15) is 0 Å². The van der Waals surface area contributed by atoms with Gasteiger partial charge in [0.15, 0.2) is 6.29 Å². The lowest BCUT2D eigenvalue weighted by Gasteiger charge is -2.40. The summed E-state index contributed by atoms with van der Waals surface area (Å²) in [6.45, 7) is 7.98. The number of hydrogen-bond acceptors (Lipinski definition) is 5. The number of primary amides is 1. The van der Waals surface area contributed by atoms with Gasteiger partial charge < -0.3 is 24.8 Å². The molecule has 1 aromatic rings. The summed E-state index contributed by atoms with van der Waals surface area (Å²) in [6, 6.07) is 5.89. The maximum atomic E-state index is 11.4. The van der Waals surface area contributed by atoms with E-state index in [2.05, 4.69) is 11.0 Å². The summed E-state index contributed by atoms with van der Waals surface area (Å²) in [4.78, 5) is 13.5. The molecule has 0 radical (unpaired) electrons. The van der Waals surface area contributed by atoms with E-state index in [1.165, 1.54) is 0 Å². The lowest BCUT2D eigenvalue weighted by atomic mass is 10.1. The largest absolute Gasteiger partial charge is 0.489 e. The van der Waals surface area contributed by atoms with Crippen LogP contribution >= 0.6 is 0 Å². The van der Waals surface area contributed by atoms with E-state index in [1.807, 2.05) is 32.9 Å². The van der Waals surface area contributed by atoms with Gasteiger partial charge in [-0.3, -0.25) is 4.79 Å². The molecule has 1 amide bonds. The highest BCUT2D eigenvalue weighted by Gasteiger charge is 2.31. The van der Waals surface area contributed by atoms with Crippen molar-refractivity contribution >= 4 is 11.6 Å². The van der Waals surface area contributed by atoms with Gasteiger partial charge in [0.25, 0.3) is 0 Å². The average molecular weight is 322 g/mol. The molecule has 1 atom stereocenters. The zero-order valence-electron chi connectivity index (χ0n) is 14.1. The molecule has 2 N–H and O–H groups in total. The lowest BCUT2D eigenvalue weighted by Crippen LogP contribution is -2.49. The van der Waals surface area contributed by atoms with Crippen molar-refractivity contribution in [2.45, 2.75) is 39.5 Å². The van der Waals surface area contributed by atoms with Gasteiger partial charge in [-0.05, 0) is 38.5 Å². The van der Waals surface area contributed by atoms with Gasteiger partial charge in [0.05, 0.1) is 24.7 Å². The Morgan fingerprint density at radius 1 is 1.39 bits per heavy atom. The fourth-order valence-corrected chi connectivity index (χ4v) is 2.78. The molecule has 1 aliphatic heterocycles. The van der Waals surface area contributed by atoms with E-state index in [1.54, 1.807) is 0 Å². The van der Waals surface area contributed by atoms with Crippen molar-refractivity contribution in [3.63, 3.8) is 0 Å². The van der Waals surface area contributed by atoms with Crippen molar-refractivity contribution in [1.82, 2.24) is 0 Å². The van der Waals surface area contributed by atoms with Crippen molar-refractivity contribution in [3.05, 3.63) is 23.8 Å². The third kappa shape index (κ3) is 4.59. The summed E-state index contributed by atoms with van der Waals surface area (Å²) in [7, 11) is 0. The minimum atomic E-state index is -0.355. The Kier molecular flexibility index (Phi) is 6.24. The summed E-state index contributed by atoms with van der Waals surface area (Å²) >= 11 is 0. The zero-order chi connectivity index (χ0) is 16.8. The van der Waals surface area contributed by atoms with Crippen LogP contribution in [0.15, 0.2) is 18.2 Å². The maximum Gasteiger partial charge on any atom is 0.219 e. The second kappa shape index (κ2) is 8.17. The van der Waals surface area contributed by atoms with Crippen LogP contribution in [0.5, 0.6) is 5.75 Å². The molecular weight excluding hydrogens is 296 g/mol. The fourth-order valence-electron chi connectivity index (χ4n) is 2.78. The molecule has 1 aromatic carbocycles. The summed E-state index contributed by atoms with van der Waals surface area (Å²) in [6.07, 6.45) is -0.120. The highest BCUT2D eigenvalue weighted by molar-refractivity contribution is 5.76. The van der Waals surface area contributed by atoms with Gasteiger partial charge in [0, 0.05) is 13.2 Å². The molecule has 0 aromatic heterocycles. The third-order valence-corrected chi connectivity index (χ3v) is 3.78. The smallest absolute Gasteiger partial charge is 0.219 e. The highest BCUT2D eigenvalue weighted by atomic mass is 16.7. The number of nitrogens with two attached hydrogens (primary N) is 1. The van der Waals surface area contributed by atoms with Crippen LogP contribution in [-0.4, -0.2) is 44.6 Å². The van der Waals surface area contributed by atoms with Gasteiger partial charge in [-0.1, -0.05) is 6.07 Å². The van der Waals surface area contributed by atoms with Crippen LogP contribution in [0.2, 0.25) is 0 Å². The Balaban J connectivity index is 2.27. The maximum absolute atomic E-state index is 11.4. The number of fused-ring (bicyclic) bond motifs is 1. The van der Waals surface area contributed by atoms with Crippen molar-refractivity contribution in [1.29, 1.82) is 0 Å². The molecule has 0 saturated heterocycles. The second-order valence-electron chi connectivity index (χ2n) is 5.60. The number of anilines is 1. The molecule has 6 nitrogen and oxygen atoms in total. The first-order valence-corrected chi connectivity index (χ1v) is 8.06. The van der Waals surface area contributed by atoms with E-state index >= 15 is 0 Å². The molecular formula is C17H26N2O4. The normalized spacial score (nSPS) is 17.0. The molecule has 6 heteroatoms. The van der Waals surface area contributed by atoms with Gasteiger partial charge in [0.2, 0.25) is 5.91 Å². The fraction of sp³-hybridized carbons (Fsp3) is 0.588. The van der Waals surface area contributed by atoms with E-state index in [0.717, 1.165) is 17.0 Å². The third-order valence-electron chi connectivity index (χ3n) is 3.78. The standard InChI is InChI=1S/C17H26N2O4/c1-4-21-17(22-5-2)10-19-13(9-16(18)20)11-23-15-7-6-12(3)8-14(15)19/h6-8,13,17H,4-5,9-11H2,1-3H3,(H2,18,20). The van der Waals surface area contributed by atoms with Crippen molar-refractivity contribution < 1.29 is 19.0 Å². The predicted molar refractivity (Wildman–Crippen MR) is 88.7 cm³/mol. The first-order chi connectivity index (χ1) is 11.0. The molecule has 1 aliphatic rings. The van der Waals surface area contributed by atoms with E-state index < -0.39 is 0 Å². The van der Waals surface area contributed by atoms with Crippen molar-refractivity contribution in [3.8, 4) is 5.75 Å². The number of carbonyl (C=O) groups is 1. The number of ether oxygens (including phenoxy) is 3. The first-order valence-electron chi connectivity index (χ1n) is 8.06. The highest BCUT2D eigenvalue weighted by Crippen LogP contribution is 2.35. The number of amides is 1. The number of nitrogens with zero attached hydrogens (tertiary/aromatic N) is 1. The molecule has 23 heavy (non-hydrogen) atoms. The Hall–Kier alpha value is -1.79. The minimum absolute atomic E-state index is 0.120. The van der Waals surface area contributed by atoms with E-state index in [-0.39, 0.29) is 24.7 Å². The molecule has 0 bridgehead atoms. The van der Waals surface area contributed by atoms with Crippen molar-refractivity contribution in [2.24, 2.45) is 5.73 Å². The van der Waals surface area contributed by atoms with Gasteiger partial charge >= 0.3 is 0 Å². The van der Waals surface area contributed by atoms with Gasteiger partial charge in [-0.15, -0.1) is 0 Å². The molecule has 0 fully saturated rings. The topological polar surface area (TPSA) is 74.0 Å². The van der Waals surface area contributed by atoms with Crippen LogP contribution in [-0.2, 0) is 14.3 Å². The molecule has 0 aliphatic carbocycles. The molecule has 128 valence electrons. The molecule has 1 heterocycles. The van der Waals surface area contributed by atoms with E-state index in [9.17, 15) is 4.79 Å². The number of aryl methyl sites for hydroxylation is 1. The van der Waals surface area contributed by atoms with Crippen LogP contribution in [0.4, 0.5) is 5.69 Å². The monoisotopic (exact) mass is 322 g/mol. The van der Waals surface area contributed by atoms with Gasteiger partial charge in [-0.25, -0.2) is 0 Å². The first kappa shape index (κ1) is 17.6. The van der Waals surface area contributed by atoms with Crippen LogP contribution < -0.4 is 15.4 Å². The summed E-state index contributed by atoms with van der Waals surface area (Å²) < 4.78 is 17.1. The predicted octanol–water partition coefficient (Wildman–Crippen LogP) is 1.84. The minimum Gasteiger partial charge on any atom is -0.489 e. The quantitative estimate of drug-likeness (QED) is 0.739. The summed E-state index contributed by atoms with van der Waals surface area (Å²) in [5, 5.41) is 0. The van der Waals surface area contributed by atoms with Crippen molar-refractivity contribution in [2.75, 3.05) is 31.3 Å². The molecule has 1 unspecified atom stereocenters. The summed E-state index contributed by atoms with van der Waals surface area (Å²) in [5.74, 6) is 0.465. The van der Waals surface area contributed by atoms with E-state index in [4.69, 9.17) is 19.9 Å². The Morgan fingerprint density at radius 2 is 2.09 bits per heavy atom. The van der Waals surface area contributed by atoms with Crippen LogP contribution in [0.25, 0.3) is 0 Å². The number of hydrogen-bond donors (Lipinski definition) is 1. The lowest BCUT2D eigenvalue weighted by molar-refractivity contribution is -0.131. The number of benzene rings is 1. The Bertz CT molecular complexity index is 529. The SMILES string of the molecule is CCOC(CN1c2cc(C)ccc2OCC1CC(N)=O)OCC. The molecule has 0 spiro atoms. The second-order valence-corrected chi connectivity index (χ2v) is 5.60. The molecule has 0 saturated carbocycles. The number of rotatable bonds is 8. The van der Waals surface area contributed by atoms with Crippen LogP contribution in [0.1, 0.15) is 25.8 Å². The number of carbonyl (C=O) groups excluding carboxylic acids is 1. The Morgan fingerprint density at radius 3 is 2.70 bits per heavy atom.